The number of amides is 1. The van der Waals surface area contributed by atoms with Crippen LogP contribution in [-0.4, -0.2) is 27.7 Å². The van der Waals surface area contributed by atoms with Gasteiger partial charge in [0, 0.05) is 17.1 Å². The second-order valence-corrected chi connectivity index (χ2v) is 6.44. The number of benzene rings is 2. The van der Waals surface area contributed by atoms with Gasteiger partial charge >= 0.3 is 0 Å². The van der Waals surface area contributed by atoms with E-state index in [1.54, 1.807) is 12.1 Å². The van der Waals surface area contributed by atoms with Crippen LogP contribution in [0.15, 0.2) is 66.9 Å². The van der Waals surface area contributed by atoms with Gasteiger partial charge in [0.25, 0.3) is 0 Å². The van der Waals surface area contributed by atoms with Gasteiger partial charge in [0.1, 0.15) is 5.75 Å². The van der Waals surface area contributed by atoms with Crippen molar-refractivity contribution in [3.63, 3.8) is 0 Å². The maximum Gasteiger partial charge on any atom is 0.230 e. The highest BCUT2D eigenvalue weighted by atomic mass is 16.5. The van der Waals surface area contributed by atoms with E-state index in [1.807, 2.05) is 61.7 Å². The molecule has 0 radical (unpaired) electrons. The molecule has 146 valence electrons. The number of ether oxygens (including phenoxy) is 1. The number of hydrogen-bond donors (Lipinski definition) is 3. The van der Waals surface area contributed by atoms with Crippen molar-refractivity contribution in [1.82, 2.24) is 15.2 Å². The van der Waals surface area contributed by atoms with Gasteiger partial charge in [-0.15, -0.1) is 10.2 Å². The molecule has 0 aliphatic carbocycles. The van der Waals surface area contributed by atoms with Crippen LogP contribution in [0.4, 0.5) is 17.3 Å². The molecule has 0 bridgehead atoms. The van der Waals surface area contributed by atoms with E-state index < -0.39 is 0 Å². The van der Waals surface area contributed by atoms with Gasteiger partial charge in [0.2, 0.25) is 5.91 Å². The molecule has 3 N–H and O–H groups in total. The summed E-state index contributed by atoms with van der Waals surface area (Å²) in [6, 6.07) is 19.0. The zero-order valence-electron chi connectivity index (χ0n) is 16.0. The van der Waals surface area contributed by atoms with Crippen molar-refractivity contribution in [3.8, 4) is 5.75 Å². The minimum absolute atomic E-state index is 0.147. The van der Waals surface area contributed by atoms with Gasteiger partial charge in [-0.05, 0) is 42.8 Å². The Morgan fingerprint density at radius 1 is 1.00 bits per heavy atom. The van der Waals surface area contributed by atoms with Crippen LogP contribution in [0.2, 0.25) is 0 Å². The number of carbonyl (C=O) groups is 1. The lowest BCUT2D eigenvalue weighted by Crippen LogP contribution is -2.15. The van der Waals surface area contributed by atoms with Crippen LogP contribution in [0.1, 0.15) is 12.5 Å². The summed E-state index contributed by atoms with van der Waals surface area (Å²) in [5, 5.41) is 15.2. The van der Waals surface area contributed by atoms with E-state index in [2.05, 4.69) is 25.8 Å². The smallest absolute Gasteiger partial charge is 0.230 e. The molecule has 0 saturated heterocycles. The van der Waals surface area contributed by atoms with Crippen LogP contribution in [0.5, 0.6) is 5.75 Å². The average molecular weight is 387 g/mol. The molecule has 0 fully saturated rings. The van der Waals surface area contributed by atoms with Crippen molar-refractivity contribution in [1.29, 1.82) is 0 Å². The van der Waals surface area contributed by atoms with E-state index >= 15 is 0 Å². The summed E-state index contributed by atoms with van der Waals surface area (Å²) in [6.45, 7) is 2.51. The van der Waals surface area contributed by atoms with Crippen LogP contribution >= 0.6 is 0 Å². The topological polar surface area (TPSA) is 91.9 Å². The van der Waals surface area contributed by atoms with Crippen molar-refractivity contribution in [3.05, 3.63) is 72.4 Å². The number of rotatable bonds is 7. The molecule has 0 aliphatic rings. The predicted molar refractivity (Wildman–Crippen MR) is 114 cm³/mol. The molecule has 0 aliphatic heterocycles. The first-order valence-corrected chi connectivity index (χ1v) is 9.40. The summed E-state index contributed by atoms with van der Waals surface area (Å²) in [4.78, 5) is 15.6. The lowest BCUT2D eigenvalue weighted by atomic mass is 10.1. The number of para-hydroxylation sites is 3. The Labute approximate surface area is 168 Å². The van der Waals surface area contributed by atoms with E-state index in [1.165, 1.54) is 0 Å². The number of fused-ring (bicyclic) bond motifs is 1. The Morgan fingerprint density at radius 3 is 2.59 bits per heavy atom. The highest BCUT2D eigenvalue weighted by Gasteiger charge is 2.10. The van der Waals surface area contributed by atoms with Crippen LogP contribution in [-0.2, 0) is 11.2 Å². The van der Waals surface area contributed by atoms with Crippen molar-refractivity contribution in [2.45, 2.75) is 13.3 Å². The van der Waals surface area contributed by atoms with Gasteiger partial charge in [-0.2, -0.15) is 0 Å². The number of H-pyrrole nitrogens is 1. The highest BCUT2D eigenvalue weighted by Crippen LogP contribution is 2.26. The fourth-order valence-corrected chi connectivity index (χ4v) is 3.09. The zero-order chi connectivity index (χ0) is 20.1. The molecule has 7 heteroatoms. The molecule has 0 unspecified atom stereocenters. The number of nitrogens with one attached hydrogen (secondary N) is 3. The van der Waals surface area contributed by atoms with E-state index in [0.29, 0.717) is 18.2 Å². The monoisotopic (exact) mass is 387 g/mol. The standard InChI is InChI=1S/C22H21N5O2/c1-2-29-19-10-6-5-9-18(19)24-20-11-12-21(27-26-20)25-22(28)13-15-14-23-17-8-4-3-7-16(15)17/h3-12,14,23H,2,13H2,1H3,(H,24,26)(H,25,27,28). The number of anilines is 3. The molecular weight excluding hydrogens is 366 g/mol. The maximum absolute atomic E-state index is 12.4. The van der Waals surface area contributed by atoms with E-state index in [9.17, 15) is 4.79 Å². The minimum atomic E-state index is -0.147. The molecule has 2 aromatic heterocycles. The average Bonchev–Trinajstić information content (AvgIpc) is 3.14. The lowest BCUT2D eigenvalue weighted by Gasteiger charge is -2.11. The Kier molecular flexibility index (Phi) is 5.38. The summed E-state index contributed by atoms with van der Waals surface area (Å²) in [5.41, 5.74) is 2.76. The largest absolute Gasteiger partial charge is 0.492 e. The maximum atomic E-state index is 12.4. The molecule has 0 atom stereocenters. The molecule has 2 aromatic carbocycles. The first kappa shape index (κ1) is 18.5. The number of nitrogens with zero attached hydrogens (tertiary/aromatic N) is 2. The van der Waals surface area contributed by atoms with Gasteiger partial charge in [0.05, 0.1) is 18.7 Å². The van der Waals surface area contributed by atoms with Crippen LogP contribution in [0, 0.1) is 0 Å². The molecular formula is C22H21N5O2. The summed E-state index contributed by atoms with van der Waals surface area (Å²) in [5.74, 6) is 1.56. The third-order valence-corrected chi connectivity index (χ3v) is 4.41. The van der Waals surface area contributed by atoms with Crippen molar-refractivity contribution < 1.29 is 9.53 Å². The Bertz CT molecular complexity index is 1120. The number of aromatic nitrogens is 3. The first-order chi connectivity index (χ1) is 14.2. The minimum Gasteiger partial charge on any atom is -0.492 e. The van der Waals surface area contributed by atoms with E-state index in [0.717, 1.165) is 27.9 Å². The first-order valence-electron chi connectivity index (χ1n) is 9.40. The van der Waals surface area contributed by atoms with Crippen LogP contribution in [0.25, 0.3) is 10.9 Å². The normalized spacial score (nSPS) is 10.7. The molecule has 7 nitrogen and oxygen atoms in total. The zero-order valence-corrected chi connectivity index (χ0v) is 16.0. The Morgan fingerprint density at radius 2 is 1.76 bits per heavy atom. The second-order valence-electron chi connectivity index (χ2n) is 6.44. The molecule has 0 spiro atoms. The summed E-state index contributed by atoms with van der Waals surface area (Å²) in [7, 11) is 0. The molecule has 1 amide bonds. The summed E-state index contributed by atoms with van der Waals surface area (Å²) < 4.78 is 5.60. The summed E-state index contributed by atoms with van der Waals surface area (Å²) in [6.07, 6.45) is 2.12. The Hall–Kier alpha value is -3.87. The molecule has 0 saturated carbocycles. The number of hydrogen-bond acceptors (Lipinski definition) is 5. The van der Waals surface area contributed by atoms with Crippen LogP contribution in [0.3, 0.4) is 0 Å². The van der Waals surface area contributed by atoms with E-state index in [4.69, 9.17) is 4.74 Å². The number of aromatic amines is 1. The van der Waals surface area contributed by atoms with Crippen molar-refractivity contribution >= 4 is 34.1 Å². The predicted octanol–water partition coefficient (Wildman–Crippen LogP) is 4.28. The quantitative estimate of drug-likeness (QED) is 0.440. The highest BCUT2D eigenvalue weighted by molar-refractivity contribution is 5.95. The van der Waals surface area contributed by atoms with Crippen molar-refractivity contribution in [2.24, 2.45) is 0 Å². The lowest BCUT2D eigenvalue weighted by molar-refractivity contribution is -0.115. The van der Waals surface area contributed by atoms with Crippen molar-refractivity contribution in [2.75, 3.05) is 17.2 Å². The summed E-state index contributed by atoms with van der Waals surface area (Å²) >= 11 is 0. The fraction of sp³-hybridized carbons (Fsp3) is 0.136. The third-order valence-electron chi connectivity index (χ3n) is 4.41. The van der Waals surface area contributed by atoms with Gasteiger partial charge < -0.3 is 20.4 Å². The third kappa shape index (κ3) is 4.35. The van der Waals surface area contributed by atoms with Crippen LogP contribution < -0.4 is 15.4 Å². The molecule has 29 heavy (non-hydrogen) atoms. The fourth-order valence-electron chi connectivity index (χ4n) is 3.09. The molecule has 2 heterocycles. The molecule has 4 rings (SSSR count). The van der Waals surface area contributed by atoms with E-state index in [-0.39, 0.29) is 12.3 Å². The molecule has 4 aromatic rings. The van der Waals surface area contributed by atoms with Gasteiger partial charge in [-0.3, -0.25) is 4.79 Å². The van der Waals surface area contributed by atoms with Gasteiger partial charge in [-0.1, -0.05) is 30.3 Å². The Balaban J connectivity index is 1.40. The van der Waals surface area contributed by atoms with Gasteiger partial charge in [0.15, 0.2) is 11.6 Å². The SMILES string of the molecule is CCOc1ccccc1Nc1ccc(NC(=O)Cc2c[nH]c3ccccc23)nn1. The number of carbonyl (C=O) groups excluding carboxylic acids is 1. The second kappa shape index (κ2) is 8.43. The van der Waals surface area contributed by atoms with Gasteiger partial charge in [-0.25, -0.2) is 0 Å².